The van der Waals surface area contributed by atoms with E-state index in [4.69, 9.17) is 4.52 Å². The zero-order chi connectivity index (χ0) is 14.7. The molecule has 0 saturated carbocycles. The van der Waals surface area contributed by atoms with Crippen LogP contribution in [0.25, 0.3) is 10.6 Å². The summed E-state index contributed by atoms with van der Waals surface area (Å²) in [4.78, 5) is 17.3. The van der Waals surface area contributed by atoms with Crippen molar-refractivity contribution in [2.45, 2.75) is 13.5 Å². The largest absolute Gasteiger partial charge is 0.361 e. The molecule has 1 amide bonds. The number of aromatic nitrogens is 2. The summed E-state index contributed by atoms with van der Waals surface area (Å²) < 4.78 is 4.89. The van der Waals surface area contributed by atoms with Gasteiger partial charge >= 0.3 is 0 Å². The Labute approximate surface area is 125 Å². The van der Waals surface area contributed by atoms with E-state index in [1.54, 1.807) is 30.5 Å². The van der Waals surface area contributed by atoms with E-state index in [1.807, 2.05) is 29.6 Å². The second kappa shape index (κ2) is 5.88. The van der Waals surface area contributed by atoms with Gasteiger partial charge in [0.15, 0.2) is 5.69 Å². The highest BCUT2D eigenvalue weighted by molar-refractivity contribution is 7.13. The fourth-order valence-corrected chi connectivity index (χ4v) is 2.58. The lowest BCUT2D eigenvalue weighted by Crippen LogP contribution is -2.23. The number of carbonyl (C=O) groups is 1. The lowest BCUT2D eigenvalue weighted by molar-refractivity contribution is 0.0942. The number of aryl methyl sites for hydroxylation is 1. The average molecular weight is 299 g/mol. The van der Waals surface area contributed by atoms with E-state index in [0.717, 1.165) is 16.1 Å². The van der Waals surface area contributed by atoms with Crippen molar-refractivity contribution in [3.63, 3.8) is 0 Å². The number of rotatable bonds is 4. The van der Waals surface area contributed by atoms with Crippen molar-refractivity contribution in [1.29, 1.82) is 0 Å². The molecule has 0 aromatic carbocycles. The summed E-state index contributed by atoms with van der Waals surface area (Å²) in [7, 11) is 0. The first-order valence-corrected chi connectivity index (χ1v) is 7.30. The second-order valence-corrected chi connectivity index (χ2v) is 5.48. The summed E-state index contributed by atoms with van der Waals surface area (Å²) >= 11 is 1.64. The third-order valence-corrected chi connectivity index (χ3v) is 3.80. The number of hydrogen-bond donors (Lipinski definition) is 1. The molecule has 0 aliphatic rings. The van der Waals surface area contributed by atoms with Crippen LogP contribution in [0.4, 0.5) is 0 Å². The van der Waals surface area contributed by atoms with Gasteiger partial charge in [-0.15, -0.1) is 11.3 Å². The molecule has 0 aliphatic carbocycles. The fourth-order valence-electron chi connectivity index (χ4n) is 1.89. The van der Waals surface area contributed by atoms with Gasteiger partial charge in [-0.2, -0.15) is 0 Å². The maximum Gasteiger partial charge on any atom is 0.273 e. The van der Waals surface area contributed by atoms with Crippen LogP contribution in [0.2, 0.25) is 0 Å². The Morgan fingerprint density at radius 3 is 3.00 bits per heavy atom. The molecule has 0 fully saturated rings. The van der Waals surface area contributed by atoms with Gasteiger partial charge in [0.2, 0.25) is 0 Å². The Morgan fingerprint density at radius 1 is 1.38 bits per heavy atom. The number of carbonyl (C=O) groups excluding carboxylic acids is 1. The van der Waals surface area contributed by atoms with E-state index in [1.165, 1.54) is 0 Å². The molecule has 0 spiro atoms. The summed E-state index contributed by atoms with van der Waals surface area (Å²) in [5, 5.41) is 8.52. The third kappa shape index (κ3) is 3.17. The molecule has 0 atom stereocenters. The first kappa shape index (κ1) is 13.5. The van der Waals surface area contributed by atoms with Gasteiger partial charge in [0.05, 0.1) is 10.6 Å². The molecule has 0 saturated heterocycles. The van der Waals surface area contributed by atoms with Crippen molar-refractivity contribution in [3.05, 3.63) is 58.9 Å². The van der Waals surface area contributed by atoms with Gasteiger partial charge in [-0.3, -0.25) is 9.78 Å². The van der Waals surface area contributed by atoms with Crippen LogP contribution in [-0.2, 0) is 6.54 Å². The Hall–Kier alpha value is -2.47. The average Bonchev–Trinajstić information content (AvgIpc) is 3.16. The van der Waals surface area contributed by atoms with Crippen molar-refractivity contribution in [2.24, 2.45) is 0 Å². The molecule has 3 aromatic rings. The molecule has 3 heterocycles. The van der Waals surface area contributed by atoms with Crippen LogP contribution >= 0.6 is 11.3 Å². The van der Waals surface area contributed by atoms with Crippen LogP contribution in [0, 0.1) is 6.92 Å². The highest BCUT2D eigenvalue weighted by Gasteiger charge is 2.10. The monoisotopic (exact) mass is 299 g/mol. The minimum atomic E-state index is -0.249. The van der Waals surface area contributed by atoms with E-state index in [0.29, 0.717) is 18.0 Å². The van der Waals surface area contributed by atoms with Gasteiger partial charge in [0, 0.05) is 18.8 Å². The molecule has 0 radical (unpaired) electrons. The molecule has 3 rings (SSSR count). The van der Waals surface area contributed by atoms with Gasteiger partial charge < -0.3 is 9.84 Å². The van der Waals surface area contributed by atoms with Crippen LogP contribution in [-0.4, -0.2) is 16.0 Å². The lowest BCUT2D eigenvalue weighted by Gasteiger charge is -2.04. The number of hydrogen-bond acceptors (Lipinski definition) is 5. The maximum absolute atomic E-state index is 11.9. The predicted molar refractivity (Wildman–Crippen MR) is 80.0 cm³/mol. The number of amides is 1. The first-order chi connectivity index (χ1) is 10.2. The zero-order valence-electron chi connectivity index (χ0n) is 11.4. The number of nitrogens with one attached hydrogen (secondary N) is 1. The van der Waals surface area contributed by atoms with E-state index in [-0.39, 0.29) is 5.91 Å². The summed E-state index contributed by atoms with van der Waals surface area (Å²) in [5.41, 5.74) is 2.19. The summed E-state index contributed by atoms with van der Waals surface area (Å²) in [5.74, 6) is 0.366. The predicted octanol–water partition coefficient (Wildman–Crippen LogP) is 3.04. The molecule has 6 heteroatoms. The standard InChI is InChI=1S/C15H13N3O2S/c1-10-7-13(18-20-10)15(19)17-9-11-4-5-16-12(8-11)14-3-2-6-21-14/h2-8H,9H2,1H3,(H,17,19). The van der Waals surface area contributed by atoms with Crippen LogP contribution in [0.3, 0.4) is 0 Å². The molecule has 3 aromatic heterocycles. The van der Waals surface area contributed by atoms with Crippen LogP contribution in [0.1, 0.15) is 21.8 Å². The van der Waals surface area contributed by atoms with Crippen molar-refractivity contribution in [1.82, 2.24) is 15.5 Å². The van der Waals surface area contributed by atoms with Crippen molar-refractivity contribution < 1.29 is 9.32 Å². The number of nitrogens with zero attached hydrogens (tertiary/aromatic N) is 2. The van der Waals surface area contributed by atoms with E-state index in [9.17, 15) is 4.79 Å². The van der Waals surface area contributed by atoms with Crippen molar-refractivity contribution in [3.8, 4) is 10.6 Å². The highest BCUT2D eigenvalue weighted by atomic mass is 32.1. The molecule has 1 N–H and O–H groups in total. The number of pyridine rings is 1. The smallest absolute Gasteiger partial charge is 0.273 e. The quantitative estimate of drug-likeness (QED) is 0.804. The van der Waals surface area contributed by atoms with Gasteiger partial charge in [-0.1, -0.05) is 11.2 Å². The Kier molecular flexibility index (Phi) is 3.79. The zero-order valence-corrected chi connectivity index (χ0v) is 12.2. The van der Waals surface area contributed by atoms with Crippen LogP contribution < -0.4 is 5.32 Å². The molecule has 106 valence electrons. The summed E-state index contributed by atoms with van der Waals surface area (Å²) in [6.07, 6.45) is 1.75. The van der Waals surface area contributed by atoms with Gasteiger partial charge in [-0.05, 0) is 36.1 Å². The molecule has 5 nitrogen and oxygen atoms in total. The Bertz CT molecular complexity index is 750. The lowest BCUT2D eigenvalue weighted by atomic mass is 10.2. The topological polar surface area (TPSA) is 68.0 Å². The molecule has 21 heavy (non-hydrogen) atoms. The molecule has 0 bridgehead atoms. The SMILES string of the molecule is Cc1cc(C(=O)NCc2ccnc(-c3cccs3)c2)no1. The first-order valence-electron chi connectivity index (χ1n) is 6.43. The highest BCUT2D eigenvalue weighted by Crippen LogP contribution is 2.22. The molecular weight excluding hydrogens is 286 g/mol. The molecule has 0 aliphatic heterocycles. The maximum atomic E-state index is 11.9. The van der Waals surface area contributed by atoms with E-state index in [2.05, 4.69) is 15.5 Å². The Balaban J connectivity index is 1.68. The van der Waals surface area contributed by atoms with Gasteiger partial charge in [0.1, 0.15) is 5.76 Å². The second-order valence-electron chi connectivity index (χ2n) is 4.53. The summed E-state index contributed by atoms with van der Waals surface area (Å²) in [6, 6.07) is 9.47. The molecular formula is C15H13N3O2S. The van der Waals surface area contributed by atoms with Gasteiger partial charge in [0.25, 0.3) is 5.91 Å². The normalized spacial score (nSPS) is 10.5. The Morgan fingerprint density at radius 2 is 2.29 bits per heavy atom. The minimum Gasteiger partial charge on any atom is -0.361 e. The van der Waals surface area contributed by atoms with E-state index < -0.39 is 0 Å². The summed E-state index contributed by atoms with van der Waals surface area (Å²) in [6.45, 7) is 2.17. The third-order valence-electron chi connectivity index (χ3n) is 2.91. The number of thiophene rings is 1. The van der Waals surface area contributed by atoms with Crippen LogP contribution in [0.5, 0.6) is 0 Å². The van der Waals surface area contributed by atoms with E-state index >= 15 is 0 Å². The van der Waals surface area contributed by atoms with Crippen molar-refractivity contribution >= 4 is 17.2 Å². The fraction of sp³-hybridized carbons (Fsp3) is 0.133. The molecule has 0 unspecified atom stereocenters. The van der Waals surface area contributed by atoms with Gasteiger partial charge in [-0.25, -0.2) is 0 Å². The van der Waals surface area contributed by atoms with Crippen molar-refractivity contribution in [2.75, 3.05) is 0 Å². The minimum absolute atomic E-state index is 0.249. The van der Waals surface area contributed by atoms with Crippen LogP contribution in [0.15, 0.2) is 46.4 Å².